The summed E-state index contributed by atoms with van der Waals surface area (Å²) in [6.07, 6.45) is 0.198. The smallest absolute Gasteiger partial charge is 0.248 e. The first-order valence-corrected chi connectivity index (χ1v) is 14.4. The van der Waals surface area contributed by atoms with Gasteiger partial charge in [-0.3, -0.25) is 39.6 Å². The minimum absolute atomic E-state index is 0.0354. The summed E-state index contributed by atoms with van der Waals surface area (Å²) in [6, 6.07) is 7.78. The average Bonchev–Trinajstić information content (AvgIpc) is 2.96. The summed E-state index contributed by atoms with van der Waals surface area (Å²) < 4.78 is 0. The van der Waals surface area contributed by atoms with Crippen LogP contribution in [0.1, 0.15) is 64.9 Å². The van der Waals surface area contributed by atoms with Crippen molar-refractivity contribution in [1.82, 2.24) is 25.8 Å². The quantitative estimate of drug-likeness (QED) is 0.0596. The molecule has 0 aliphatic rings. The van der Waals surface area contributed by atoms with E-state index in [0.29, 0.717) is 24.3 Å². The normalized spacial score (nSPS) is 10.5. The van der Waals surface area contributed by atoms with Crippen LogP contribution in [-0.4, -0.2) is 90.1 Å². The van der Waals surface area contributed by atoms with Crippen LogP contribution < -0.4 is 16.0 Å². The van der Waals surface area contributed by atoms with Gasteiger partial charge in [-0.2, -0.15) is 0 Å². The molecule has 1 aromatic rings. The van der Waals surface area contributed by atoms with Crippen molar-refractivity contribution in [3.63, 3.8) is 0 Å². The summed E-state index contributed by atoms with van der Waals surface area (Å²) in [5, 5.41) is 37.6. The zero-order valence-electron chi connectivity index (χ0n) is 24.5. The molecule has 0 radical (unpaired) electrons. The molecule has 0 saturated heterocycles. The number of hydroxylamine groups is 6. The molecule has 1 rings (SSSR count). The van der Waals surface area contributed by atoms with Crippen LogP contribution in [0.5, 0.6) is 0 Å². The molecule has 0 aliphatic heterocycles. The van der Waals surface area contributed by atoms with Crippen LogP contribution >= 0.6 is 24.4 Å². The molecule has 0 spiro atoms. The van der Waals surface area contributed by atoms with E-state index in [9.17, 15) is 39.6 Å². The molecule has 0 unspecified atom stereocenters. The monoisotopic (exact) mass is 640 g/mol. The van der Waals surface area contributed by atoms with Crippen LogP contribution in [0.15, 0.2) is 24.3 Å². The maximum atomic E-state index is 12.2. The number of rotatable bonds is 18. The molecule has 16 heteroatoms. The summed E-state index contributed by atoms with van der Waals surface area (Å²) in [6.45, 7) is 4.13. The highest BCUT2D eigenvalue weighted by Crippen LogP contribution is 2.14. The standard InChI is InChI=1S/C27H40N6O8S2/c1-18(2)27(43)30-21-8-6-20(7-9-21)15-22(42)5-4-14-31(39)25(37)12-10-24(36)29-17-33(41)26(38)13-11-23(35)28-16-32(40)19(3)34/h6-9,18,39-41H,4-5,10-17H2,1-3H3,(H,28,35)(H,29,36)(H,30,43). The van der Waals surface area contributed by atoms with E-state index in [0.717, 1.165) is 28.0 Å². The SMILES string of the molecule is CC(=O)N(O)CNC(=O)CCC(=O)N(O)CNC(=O)CCC(=O)N(O)CCCC(=S)Cc1ccc(NC(=S)C(C)C)cc1. The molecule has 5 amide bonds. The van der Waals surface area contributed by atoms with Gasteiger partial charge in [0, 0.05) is 57.2 Å². The van der Waals surface area contributed by atoms with Gasteiger partial charge in [0.15, 0.2) is 0 Å². The highest BCUT2D eigenvalue weighted by atomic mass is 32.1. The van der Waals surface area contributed by atoms with Crippen molar-refractivity contribution in [1.29, 1.82) is 0 Å². The lowest BCUT2D eigenvalue weighted by Gasteiger charge is -2.17. The van der Waals surface area contributed by atoms with Crippen LogP contribution in [0.4, 0.5) is 5.69 Å². The molecule has 238 valence electrons. The molecular weight excluding hydrogens is 600 g/mol. The predicted octanol–water partition coefficient (Wildman–Crippen LogP) is 2.16. The Kier molecular flexibility index (Phi) is 17.1. The van der Waals surface area contributed by atoms with E-state index in [4.69, 9.17) is 24.4 Å². The molecule has 0 bridgehead atoms. The van der Waals surface area contributed by atoms with Crippen molar-refractivity contribution in [2.75, 3.05) is 25.2 Å². The van der Waals surface area contributed by atoms with Gasteiger partial charge in [-0.25, -0.2) is 15.2 Å². The number of thiocarbonyl (C=S) groups is 2. The number of hydrogen-bond donors (Lipinski definition) is 6. The van der Waals surface area contributed by atoms with Crippen LogP contribution in [0, 0.1) is 5.92 Å². The number of amides is 5. The number of hydrogen-bond acceptors (Lipinski definition) is 10. The molecule has 43 heavy (non-hydrogen) atoms. The molecule has 0 saturated carbocycles. The van der Waals surface area contributed by atoms with Crippen molar-refractivity contribution in [2.24, 2.45) is 5.92 Å². The first kappa shape index (κ1) is 37.5. The summed E-state index contributed by atoms with van der Waals surface area (Å²) >= 11 is 10.7. The van der Waals surface area contributed by atoms with E-state index in [-0.39, 0.29) is 41.9 Å². The Morgan fingerprint density at radius 2 is 1.28 bits per heavy atom. The predicted molar refractivity (Wildman–Crippen MR) is 164 cm³/mol. The summed E-state index contributed by atoms with van der Waals surface area (Å²) in [5.74, 6) is -3.26. The van der Waals surface area contributed by atoms with Gasteiger partial charge in [-0.05, 0) is 35.4 Å². The number of nitrogens with zero attached hydrogens (tertiary/aromatic N) is 3. The van der Waals surface area contributed by atoms with Crippen molar-refractivity contribution < 1.29 is 39.6 Å². The van der Waals surface area contributed by atoms with Crippen LogP contribution in [0.25, 0.3) is 0 Å². The Labute approximate surface area is 261 Å². The van der Waals surface area contributed by atoms with Gasteiger partial charge in [0.25, 0.3) is 0 Å². The number of nitrogens with one attached hydrogen (secondary N) is 3. The second-order valence-corrected chi connectivity index (χ2v) is 10.9. The summed E-state index contributed by atoms with van der Waals surface area (Å²) in [7, 11) is 0. The van der Waals surface area contributed by atoms with Gasteiger partial charge < -0.3 is 16.0 Å². The molecule has 0 aliphatic carbocycles. The van der Waals surface area contributed by atoms with Crippen LogP contribution in [0.3, 0.4) is 0 Å². The van der Waals surface area contributed by atoms with Crippen LogP contribution in [0.2, 0.25) is 0 Å². The third-order valence-corrected chi connectivity index (χ3v) is 6.82. The fourth-order valence-electron chi connectivity index (χ4n) is 3.26. The maximum absolute atomic E-state index is 12.2. The van der Waals surface area contributed by atoms with Gasteiger partial charge in [-0.1, -0.05) is 50.4 Å². The number of benzene rings is 1. The summed E-state index contributed by atoms with van der Waals surface area (Å²) in [5.41, 5.74) is 1.93. The Morgan fingerprint density at radius 3 is 1.79 bits per heavy atom. The highest BCUT2D eigenvalue weighted by Gasteiger charge is 2.17. The van der Waals surface area contributed by atoms with E-state index in [1.54, 1.807) is 0 Å². The number of carbonyl (C=O) groups excluding carboxylic acids is 5. The third-order valence-electron chi connectivity index (χ3n) is 5.90. The fourth-order valence-corrected chi connectivity index (χ4v) is 3.69. The highest BCUT2D eigenvalue weighted by molar-refractivity contribution is 7.80. The Balaban J connectivity index is 2.25. The van der Waals surface area contributed by atoms with E-state index < -0.39 is 49.3 Å². The molecule has 0 aromatic heterocycles. The number of anilines is 1. The average molecular weight is 641 g/mol. The zero-order chi connectivity index (χ0) is 32.5. The first-order valence-electron chi connectivity index (χ1n) is 13.6. The maximum Gasteiger partial charge on any atom is 0.248 e. The van der Waals surface area contributed by atoms with Gasteiger partial charge in [0.2, 0.25) is 29.5 Å². The van der Waals surface area contributed by atoms with E-state index >= 15 is 0 Å². The largest absolute Gasteiger partial charge is 0.350 e. The molecular formula is C27H40N6O8S2. The lowest BCUT2D eigenvalue weighted by molar-refractivity contribution is -0.169. The van der Waals surface area contributed by atoms with Crippen molar-refractivity contribution in [3.05, 3.63) is 29.8 Å². The second-order valence-electron chi connectivity index (χ2n) is 9.90. The zero-order valence-corrected chi connectivity index (χ0v) is 26.1. The van der Waals surface area contributed by atoms with Crippen molar-refractivity contribution >= 4 is 69.5 Å². The summed E-state index contributed by atoms with van der Waals surface area (Å²) in [4.78, 5) is 60.1. The molecule has 0 fully saturated rings. The second kappa shape index (κ2) is 19.6. The topological polar surface area (TPSA) is 192 Å². The van der Waals surface area contributed by atoms with E-state index in [2.05, 4.69) is 16.0 Å². The van der Waals surface area contributed by atoms with E-state index in [1.165, 1.54) is 0 Å². The molecule has 14 nitrogen and oxygen atoms in total. The Morgan fingerprint density at radius 1 is 0.767 bits per heavy atom. The minimum Gasteiger partial charge on any atom is -0.350 e. The van der Waals surface area contributed by atoms with Gasteiger partial charge >= 0.3 is 0 Å². The number of carbonyl (C=O) groups is 5. The lowest BCUT2D eigenvalue weighted by Crippen LogP contribution is -2.41. The first-order chi connectivity index (χ1) is 20.2. The Bertz CT molecular complexity index is 1150. The van der Waals surface area contributed by atoms with Gasteiger partial charge in [0.05, 0.1) is 4.99 Å². The fraction of sp³-hybridized carbons (Fsp3) is 0.519. The van der Waals surface area contributed by atoms with Gasteiger partial charge in [-0.15, -0.1) is 0 Å². The van der Waals surface area contributed by atoms with Gasteiger partial charge in [0.1, 0.15) is 13.3 Å². The molecule has 6 N–H and O–H groups in total. The molecule has 1 aromatic carbocycles. The molecule has 0 atom stereocenters. The van der Waals surface area contributed by atoms with Crippen LogP contribution in [-0.2, 0) is 30.4 Å². The Hall–Kier alpha value is -3.57. The minimum atomic E-state index is -0.862. The van der Waals surface area contributed by atoms with Crippen molar-refractivity contribution in [2.45, 2.75) is 65.7 Å². The van der Waals surface area contributed by atoms with Crippen molar-refractivity contribution in [3.8, 4) is 0 Å². The lowest BCUT2D eigenvalue weighted by atomic mass is 10.1. The molecule has 0 heterocycles. The van der Waals surface area contributed by atoms with E-state index in [1.807, 2.05) is 38.1 Å². The third kappa shape index (κ3) is 16.0.